The van der Waals surface area contributed by atoms with Crippen molar-refractivity contribution in [2.75, 3.05) is 63.4 Å². The predicted molar refractivity (Wildman–Crippen MR) is 194 cm³/mol. The number of carbonyl (C=O) groups is 5. The molecular formula is C38H54N4O9. The summed E-state index contributed by atoms with van der Waals surface area (Å²) in [5, 5.41) is 20.2. The van der Waals surface area contributed by atoms with Crippen molar-refractivity contribution in [1.29, 1.82) is 0 Å². The van der Waals surface area contributed by atoms with Crippen molar-refractivity contribution in [3.8, 4) is 11.1 Å². The van der Waals surface area contributed by atoms with E-state index < -0.39 is 5.97 Å². The zero-order valence-corrected chi connectivity index (χ0v) is 30.0. The number of ether oxygens (including phenoxy) is 3. The predicted octanol–water partition coefficient (Wildman–Crippen LogP) is 4.42. The maximum Gasteiger partial charge on any atom is 0.302 e. The number of anilines is 2. The maximum absolute atomic E-state index is 12.7. The van der Waals surface area contributed by atoms with Crippen LogP contribution in [0.5, 0.6) is 0 Å². The van der Waals surface area contributed by atoms with Gasteiger partial charge >= 0.3 is 5.97 Å². The first-order valence-corrected chi connectivity index (χ1v) is 18.0. The molecule has 5 N–H and O–H groups in total. The molecule has 0 saturated carbocycles. The summed E-state index contributed by atoms with van der Waals surface area (Å²) in [7, 11) is 0. The molecule has 3 rings (SSSR count). The van der Waals surface area contributed by atoms with Gasteiger partial charge in [-0.2, -0.15) is 0 Å². The third-order valence-corrected chi connectivity index (χ3v) is 8.26. The largest absolute Gasteiger partial charge is 0.465 e. The normalized spacial score (nSPS) is 12.8. The summed E-state index contributed by atoms with van der Waals surface area (Å²) < 4.78 is 16.3. The van der Waals surface area contributed by atoms with Crippen LogP contribution in [0.3, 0.4) is 0 Å². The molecule has 4 amide bonds. The van der Waals surface area contributed by atoms with Crippen molar-refractivity contribution < 1.29 is 43.3 Å². The average molecular weight is 711 g/mol. The molecule has 1 atom stereocenters. The number of hydrogen-bond donors (Lipinski definition) is 5. The molecule has 13 nitrogen and oxygen atoms in total. The Bertz CT molecular complexity index is 1450. The van der Waals surface area contributed by atoms with E-state index in [2.05, 4.69) is 28.2 Å². The summed E-state index contributed by atoms with van der Waals surface area (Å²) in [6.45, 7) is 6.58. The number of benzene rings is 2. The van der Waals surface area contributed by atoms with E-state index in [1.54, 1.807) is 0 Å². The molecule has 51 heavy (non-hydrogen) atoms. The molecule has 0 bridgehead atoms. The highest BCUT2D eigenvalue weighted by molar-refractivity contribution is 5.94. The summed E-state index contributed by atoms with van der Waals surface area (Å²) in [6.07, 6.45) is 5.10. The maximum atomic E-state index is 12.7. The Kier molecular flexibility index (Phi) is 18.7. The van der Waals surface area contributed by atoms with Gasteiger partial charge in [0.25, 0.3) is 0 Å². The Morgan fingerprint density at radius 3 is 1.61 bits per heavy atom. The van der Waals surface area contributed by atoms with E-state index in [0.29, 0.717) is 70.2 Å². The second-order valence-electron chi connectivity index (χ2n) is 12.5. The molecule has 0 saturated heterocycles. The number of hydrogen-bond acceptors (Lipinski definition) is 9. The first-order chi connectivity index (χ1) is 24.7. The summed E-state index contributed by atoms with van der Waals surface area (Å²) in [6, 6.07) is 11.2. The second kappa shape index (κ2) is 23.2. The number of nitrogens with one attached hydrogen (secondary N) is 4. The van der Waals surface area contributed by atoms with Gasteiger partial charge in [-0.25, -0.2) is 0 Å². The van der Waals surface area contributed by atoms with Crippen LogP contribution in [-0.4, -0.2) is 87.4 Å². The first kappa shape index (κ1) is 41.1. The highest BCUT2D eigenvalue weighted by atomic mass is 16.5. The lowest BCUT2D eigenvalue weighted by atomic mass is 9.97. The molecule has 0 fully saturated rings. The lowest BCUT2D eigenvalue weighted by Gasteiger charge is -2.15. The van der Waals surface area contributed by atoms with E-state index in [1.807, 2.05) is 36.4 Å². The first-order valence-electron chi connectivity index (χ1n) is 18.0. The van der Waals surface area contributed by atoms with Crippen LogP contribution < -0.4 is 21.3 Å². The number of carbonyl (C=O) groups excluding carboxylic acids is 5. The van der Waals surface area contributed by atoms with Gasteiger partial charge in [-0.05, 0) is 78.6 Å². The van der Waals surface area contributed by atoms with E-state index in [1.165, 1.54) is 6.92 Å². The quantitative estimate of drug-likeness (QED) is 0.0736. The number of unbranched alkanes of at least 4 members (excludes halogenated alkanes) is 2. The van der Waals surface area contributed by atoms with Crippen LogP contribution in [-0.2, 0) is 38.2 Å². The van der Waals surface area contributed by atoms with Gasteiger partial charge in [0, 0.05) is 82.8 Å². The summed E-state index contributed by atoms with van der Waals surface area (Å²) in [5.74, 6) is -1.43. The third kappa shape index (κ3) is 15.2. The average Bonchev–Trinajstić information content (AvgIpc) is 3.40. The zero-order valence-electron chi connectivity index (χ0n) is 30.0. The Morgan fingerprint density at radius 1 is 0.647 bits per heavy atom. The molecule has 2 aromatic carbocycles. The number of fused-ring (bicyclic) bond motifs is 3. The van der Waals surface area contributed by atoms with E-state index >= 15 is 0 Å². The van der Waals surface area contributed by atoms with E-state index in [4.69, 9.17) is 19.3 Å². The van der Waals surface area contributed by atoms with Crippen molar-refractivity contribution in [2.24, 2.45) is 0 Å². The fourth-order valence-corrected chi connectivity index (χ4v) is 5.63. The molecule has 1 aliphatic rings. The molecule has 1 unspecified atom stereocenters. The monoisotopic (exact) mass is 710 g/mol. The van der Waals surface area contributed by atoms with Crippen molar-refractivity contribution in [3.05, 3.63) is 47.5 Å². The van der Waals surface area contributed by atoms with Crippen LogP contribution in [0.25, 0.3) is 11.1 Å². The lowest BCUT2D eigenvalue weighted by molar-refractivity contribution is -0.141. The van der Waals surface area contributed by atoms with Gasteiger partial charge in [0.1, 0.15) is 6.61 Å². The lowest BCUT2D eigenvalue weighted by Crippen LogP contribution is -2.27. The minimum atomic E-state index is -0.415. The minimum absolute atomic E-state index is 0.0890. The Balaban J connectivity index is 1.50. The van der Waals surface area contributed by atoms with Crippen LogP contribution in [0.4, 0.5) is 11.4 Å². The molecule has 0 radical (unpaired) electrons. The van der Waals surface area contributed by atoms with Crippen LogP contribution in [0, 0.1) is 0 Å². The number of aliphatic hydroxyl groups is 1. The van der Waals surface area contributed by atoms with Gasteiger partial charge in [0.2, 0.25) is 23.6 Å². The number of aliphatic hydroxyl groups excluding tert-OH is 1. The Morgan fingerprint density at radius 2 is 1.14 bits per heavy atom. The van der Waals surface area contributed by atoms with Crippen molar-refractivity contribution in [3.63, 3.8) is 0 Å². The van der Waals surface area contributed by atoms with E-state index in [0.717, 1.165) is 41.5 Å². The smallest absolute Gasteiger partial charge is 0.302 e. The van der Waals surface area contributed by atoms with Crippen LogP contribution in [0.1, 0.15) is 95.1 Å². The standard InChI is InChI=1S/C38H54N4O9/c1-3-4-20-49-22-17-39-35(45)9-7-11-37(47)41-28-13-15-30-31-16-14-29(25-33(31)34(32(30)24-28)26-51-27(2)44)42-38(48)12-8-10-36(46)40-18-23-50-21-6-5-19-43/h13-16,24-25,34,43H,3-12,17-23,26H2,1-2H3,(H,39,45)(H,40,46)(H,41,47)(H,42,48). The summed E-state index contributed by atoms with van der Waals surface area (Å²) >= 11 is 0. The van der Waals surface area contributed by atoms with Gasteiger partial charge in [0.15, 0.2) is 0 Å². The van der Waals surface area contributed by atoms with Gasteiger partial charge in [-0.1, -0.05) is 25.5 Å². The molecule has 0 aromatic heterocycles. The molecule has 280 valence electrons. The SMILES string of the molecule is CCCCOCCNC(=O)CCCC(=O)Nc1ccc2c(c1)C(COC(C)=O)c1cc(NC(=O)CCCC(=O)NCCOCCCCO)ccc1-2. The Hall–Kier alpha value is -4.33. The number of amides is 4. The van der Waals surface area contributed by atoms with Crippen molar-refractivity contribution in [1.82, 2.24) is 10.6 Å². The zero-order chi connectivity index (χ0) is 36.8. The fourth-order valence-electron chi connectivity index (χ4n) is 5.63. The Labute approximate surface area is 300 Å². The van der Waals surface area contributed by atoms with Crippen LogP contribution >= 0.6 is 0 Å². The van der Waals surface area contributed by atoms with E-state index in [9.17, 15) is 24.0 Å². The molecule has 1 aliphatic carbocycles. The number of rotatable bonds is 25. The molecular weight excluding hydrogens is 656 g/mol. The molecule has 0 spiro atoms. The van der Waals surface area contributed by atoms with Gasteiger partial charge < -0.3 is 40.6 Å². The van der Waals surface area contributed by atoms with Crippen LogP contribution in [0.15, 0.2) is 36.4 Å². The van der Waals surface area contributed by atoms with Crippen molar-refractivity contribution >= 4 is 41.0 Å². The number of esters is 1. The summed E-state index contributed by atoms with van der Waals surface area (Å²) in [5.41, 5.74) is 4.82. The van der Waals surface area contributed by atoms with Gasteiger partial charge in [-0.3, -0.25) is 24.0 Å². The van der Waals surface area contributed by atoms with Gasteiger partial charge in [-0.15, -0.1) is 0 Å². The third-order valence-electron chi connectivity index (χ3n) is 8.26. The topological polar surface area (TPSA) is 181 Å². The fraction of sp³-hybridized carbons (Fsp3) is 0.553. The second-order valence-corrected chi connectivity index (χ2v) is 12.5. The molecule has 13 heteroatoms. The molecule has 0 aliphatic heterocycles. The van der Waals surface area contributed by atoms with E-state index in [-0.39, 0.29) is 68.4 Å². The molecule has 2 aromatic rings. The van der Waals surface area contributed by atoms with Crippen LogP contribution in [0.2, 0.25) is 0 Å². The molecule has 0 heterocycles. The highest BCUT2D eigenvalue weighted by Gasteiger charge is 2.30. The summed E-state index contributed by atoms with van der Waals surface area (Å²) in [4.78, 5) is 61.4. The highest BCUT2D eigenvalue weighted by Crippen LogP contribution is 2.47. The minimum Gasteiger partial charge on any atom is -0.465 e. The van der Waals surface area contributed by atoms with Crippen molar-refractivity contribution in [2.45, 2.75) is 84.0 Å². The van der Waals surface area contributed by atoms with Gasteiger partial charge in [0.05, 0.1) is 13.2 Å².